The van der Waals surface area contributed by atoms with E-state index in [4.69, 9.17) is 5.10 Å². The van der Waals surface area contributed by atoms with Crippen molar-refractivity contribution in [2.24, 2.45) is 14.1 Å². The predicted octanol–water partition coefficient (Wildman–Crippen LogP) is 7.82. The lowest BCUT2D eigenvalue weighted by molar-refractivity contribution is 0.100. The highest BCUT2D eigenvalue weighted by Gasteiger charge is 2.29. The first-order valence-corrected chi connectivity index (χ1v) is 15.7. The normalized spacial score (nSPS) is 14.3. The molecule has 2 aliphatic rings. The molecule has 2 aliphatic heterocycles. The van der Waals surface area contributed by atoms with Crippen LogP contribution < -0.4 is 9.80 Å². The van der Waals surface area contributed by atoms with E-state index in [0.29, 0.717) is 0 Å². The van der Waals surface area contributed by atoms with E-state index in [-0.39, 0.29) is 5.78 Å². The second-order valence-electron chi connectivity index (χ2n) is 12.1. The predicted molar refractivity (Wildman–Crippen MR) is 176 cm³/mol. The monoisotopic (exact) mass is 630 g/mol. The van der Waals surface area contributed by atoms with Gasteiger partial charge < -0.3 is 9.80 Å². The molecular weight excluding hydrogens is 588 g/mol. The van der Waals surface area contributed by atoms with Gasteiger partial charge in [0.05, 0.1) is 0 Å². The highest BCUT2D eigenvalue weighted by Crippen LogP contribution is 2.40. The fraction of sp³-hybridized carbons (Fsp3) is 0.441. The van der Waals surface area contributed by atoms with Crippen LogP contribution in [0.15, 0.2) is 28.9 Å². The summed E-state index contributed by atoms with van der Waals surface area (Å²) in [5, 5.41) is 9.37. The van der Waals surface area contributed by atoms with Gasteiger partial charge in [-0.15, -0.1) is 0 Å². The summed E-state index contributed by atoms with van der Waals surface area (Å²) >= 11 is 3.66. The van der Waals surface area contributed by atoms with Crippen molar-refractivity contribution in [3.8, 4) is 0 Å². The number of aromatic nitrogens is 4. The van der Waals surface area contributed by atoms with Crippen LogP contribution in [0.25, 0.3) is 0 Å². The summed E-state index contributed by atoms with van der Waals surface area (Å²) in [6, 6.07) is 8.94. The highest BCUT2D eigenvalue weighted by molar-refractivity contribution is 9.10. The summed E-state index contributed by atoms with van der Waals surface area (Å²) < 4.78 is 4.78. The van der Waals surface area contributed by atoms with E-state index >= 15 is 0 Å². The number of halogens is 1. The molecule has 0 unspecified atom stereocenters. The number of hydrogen-bond donors (Lipinski definition) is 0. The van der Waals surface area contributed by atoms with Crippen LogP contribution >= 0.6 is 15.9 Å². The van der Waals surface area contributed by atoms with Crippen molar-refractivity contribution in [1.82, 2.24) is 19.6 Å². The van der Waals surface area contributed by atoms with Gasteiger partial charge in [-0.1, -0.05) is 35.4 Å². The van der Waals surface area contributed by atoms with Crippen LogP contribution in [-0.2, 0) is 26.9 Å². The van der Waals surface area contributed by atoms with Crippen LogP contribution in [-0.4, -0.2) is 38.4 Å². The number of anilines is 4. The Labute approximate surface area is 258 Å². The molecule has 0 fully saturated rings. The zero-order valence-corrected chi connectivity index (χ0v) is 28.1. The molecule has 0 saturated carbocycles. The molecule has 4 aromatic rings. The third-order valence-electron chi connectivity index (χ3n) is 8.44. The molecular formula is C34H43BrN6O. The molecule has 0 atom stereocenters. The van der Waals surface area contributed by atoms with Crippen molar-refractivity contribution in [1.29, 1.82) is 0 Å². The van der Waals surface area contributed by atoms with Gasteiger partial charge in [-0.2, -0.15) is 10.2 Å². The first-order valence-electron chi connectivity index (χ1n) is 14.9. The number of benzene rings is 2. The standard InChI is InChI=1S/C18H23N3O.C16H20BrN3/c1-11-9-12(2)16(13(3)10-11)21-8-6-7-15-17(14(4)22)20(5)19-18(15)21;1-10-8-11(2)14(12(3)9-10)20-7-5-6-13-15(17)19(4)18-16(13)20/h9-10H,6-8H2,1-5H3;8-9H,5-7H2,1-4H3. The Morgan fingerprint density at radius 3 is 1.55 bits per heavy atom. The fourth-order valence-electron chi connectivity index (χ4n) is 7.08. The minimum atomic E-state index is 0.0930. The van der Waals surface area contributed by atoms with Gasteiger partial charge >= 0.3 is 0 Å². The molecule has 42 heavy (non-hydrogen) atoms. The Kier molecular flexibility index (Phi) is 8.39. The molecule has 0 N–H and O–H groups in total. The summed E-state index contributed by atoms with van der Waals surface area (Å²) in [5.41, 5.74) is 13.5. The zero-order chi connectivity index (χ0) is 30.5. The molecule has 0 aliphatic carbocycles. The number of carbonyl (C=O) groups is 1. The first kappa shape index (κ1) is 30.1. The van der Waals surface area contributed by atoms with Crippen LogP contribution in [0.3, 0.4) is 0 Å². The van der Waals surface area contributed by atoms with Crippen LogP contribution in [0.4, 0.5) is 23.0 Å². The maximum atomic E-state index is 11.9. The maximum absolute atomic E-state index is 11.9. The van der Waals surface area contributed by atoms with Crippen LogP contribution in [0.5, 0.6) is 0 Å². The van der Waals surface area contributed by atoms with Gasteiger partial charge in [0.25, 0.3) is 0 Å². The molecule has 0 spiro atoms. The van der Waals surface area contributed by atoms with Crippen LogP contribution in [0, 0.1) is 41.5 Å². The maximum Gasteiger partial charge on any atom is 0.178 e. The van der Waals surface area contributed by atoms with Gasteiger partial charge in [0, 0.05) is 56.6 Å². The Morgan fingerprint density at radius 2 is 1.10 bits per heavy atom. The average molecular weight is 632 g/mol. The molecule has 0 saturated heterocycles. The van der Waals surface area contributed by atoms with E-state index < -0.39 is 0 Å². The third-order valence-corrected chi connectivity index (χ3v) is 9.44. The van der Waals surface area contributed by atoms with E-state index in [2.05, 4.69) is 96.6 Å². The minimum absolute atomic E-state index is 0.0930. The molecule has 2 aromatic heterocycles. The first-order chi connectivity index (χ1) is 19.9. The smallest absolute Gasteiger partial charge is 0.178 e. The topological polar surface area (TPSA) is 59.2 Å². The lowest BCUT2D eigenvalue weighted by Gasteiger charge is -2.30. The number of ketones is 1. The fourth-order valence-corrected chi connectivity index (χ4v) is 7.53. The van der Waals surface area contributed by atoms with Crippen molar-refractivity contribution in [2.45, 2.75) is 74.1 Å². The molecule has 2 aromatic carbocycles. The number of nitrogens with zero attached hydrogens (tertiary/aromatic N) is 6. The lowest BCUT2D eigenvalue weighted by Crippen LogP contribution is -2.26. The van der Waals surface area contributed by atoms with Gasteiger partial charge in [0.15, 0.2) is 17.4 Å². The lowest BCUT2D eigenvalue weighted by atomic mass is 9.99. The quantitative estimate of drug-likeness (QED) is 0.216. The summed E-state index contributed by atoms with van der Waals surface area (Å²) in [7, 11) is 3.86. The van der Waals surface area contributed by atoms with Gasteiger partial charge in [0.1, 0.15) is 10.3 Å². The Bertz CT molecular complexity index is 1630. The number of aryl methyl sites for hydroxylation is 8. The van der Waals surface area contributed by atoms with E-state index in [1.165, 1.54) is 56.7 Å². The molecule has 0 bridgehead atoms. The Morgan fingerprint density at radius 1 is 0.690 bits per heavy atom. The number of Topliss-reactive ketones (excluding diaryl/α,β-unsaturated/α-hetero) is 1. The van der Waals surface area contributed by atoms with E-state index in [1.54, 1.807) is 11.6 Å². The van der Waals surface area contributed by atoms with Gasteiger partial charge in [-0.25, -0.2) is 0 Å². The number of rotatable bonds is 3. The Hall–Kier alpha value is -3.39. The van der Waals surface area contributed by atoms with Crippen molar-refractivity contribution < 1.29 is 4.79 Å². The molecule has 4 heterocycles. The van der Waals surface area contributed by atoms with Gasteiger partial charge in [0.2, 0.25) is 0 Å². The molecule has 7 nitrogen and oxygen atoms in total. The van der Waals surface area contributed by atoms with E-state index in [9.17, 15) is 4.79 Å². The number of carbonyl (C=O) groups excluding carboxylic acids is 1. The molecule has 0 radical (unpaired) electrons. The van der Waals surface area contributed by atoms with E-state index in [1.807, 2.05) is 18.8 Å². The molecule has 8 heteroatoms. The summed E-state index contributed by atoms with van der Waals surface area (Å²) in [4.78, 5) is 16.6. The Balaban J connectivity index is 0.000000169. The van der Waals surface area contributed by atoms with Crippen LogP contribution in [0.2, 0.25) is 0 Å². The van der Waals surface area contributed by atoms with Crippen LogP contribution in [0.1, 0.15) is 74.8 Å². The summed E-state index contributed by atoms with van der Waals surface area (Å²) in [6.45, 7) is 16.6. The average Bonchev–Trinajstić information content (AvgIpc) is 3.39. The third kappa shape index (κ3) is 5.41. The SMILES string of the molecule is CC(=O)c1c2c(nn1C)N(c1c(C)cc(C)cc1C)CCC2.Cc1cc(C)c(N2CCCc3c2nn(C)c3Br)c(C)c1. The van der Waals surface area contributed by atoms with Gasteiger partial charge in [-0.3, -0.25) is 14.2 Å². The highest BCUT2D eigenvalue weighted by atomic mass is 79.9. The molecule has 6 rings (SSSR count). The number of hydrogen-bond acceptors (Lipinski definition) is 5. The van der Waals surface area contributed by atoms with Crippen molar-refractivity contribution in [3.05, 3.63) is 79.1 Å². The second-order valence-corrected chi connectivity index (χ2v) is 12.8. The molecule has 0 amide bonds. The van der Waals surface area contributed by atoms with E-state index in [0.717, 1.165) is 59.8 Å². The number of fused-ring (bicyclic) bond motifs is 2. The minimum Gasteiger partial charge on any atom is -0.324 e. The summed E-state index contributed by atoms with van der Waals surface area (Å²) in [6.07, 6.45) is 4.25. The second kappa shape index (κ2) is 11.7. The van der Waals surface area contributed by atoms with Gasteiger partial charge in [-0.05, 0) is 105 Å². The summed E-state index contributed by atoms with van der Waals surface area (Å²) in [5.74, 6) is 2.16. The van der Waals surface area contributed by atoms with Crippen molar-refractivity contribution >= 4 is 44.7 Å². The van der Waals surface area contributed by atoms with Crippen molar-refractivity contribution in [3.63, 3.8) is 0 Å². The van der Waals surface area contributed by atoms with Crippen molar-refractivity contribution in [2.75, 3.05) is 22.9 Å². The largest absolute Gasteiger partial charge is 0.324 e. The zero-order valence-electron chi connectivity index (χ0n) is 26.5. The molecule has 222 valence electrons.